The molecule has 0 amide bonds. The van der Waals surface area contributed by atoms with E-state index in [-0.39, 0.29) is 5.82 Å². The van der Waals surface area contributed by atoms with Crippen molar-refractivity contribution < 1.29 is 4.39 Å². The lowest BCUT2D eigenvalue weighted by molar-refractivity contribution is 0.627. The lowest BCUT2D eigenvalue weighted by Gasteiger charge is -2.09. The lowest BCUT2D eigenvalue weighted by Crippen LogP contribution is -2.07. The predicted molar refractivity (Wildman–Crippen MR) is 74.1 cm³/mol. The highest BCUT2D eigenvalue weighted by Gasteiger charge is 2.11. The molecule has 0 bridgehead atoms. The Morgan fingerprint density at radius 1 is 1.39 bits per heavy atom. The van der Waals surface area contributed by atoms with E-state index in [9.17, 15) is 4.39 Å². The first-order valence-corrected chi connectivity index (χ1v) is 6.46. The van der Waals surface area contributed by atoms with Crippen LogP contribution in [0.4, 0.5) is 10.1 Å². The van der Waals surface area contributed by atoms with Crippen LogP contribution in [0.15, 0.2) is 22.7 Å². The van der Waals surface area contributed by atoms with Gasteiger partial charge in [-0.05, 0) is 47.5 Å². The maximum Gasteiger partial charge on any atom is 0.146 e. The topological polar surface area (TPSA) is 29.9 Å². The van der Waals surface area contributed by atoms with Gasteiger partial charge >= 0.3 is 0 Å². The van der Waals surface area contributed by atoms with Gasteiger partial charge in [-0.1, -0.05) is 6.07 Å². The van der Waals surface area contributed by atoms with E-state index in [1.807, 2.05) is 27.0 Å². The number of anilines is 1. The van der Waals surface area contributed by atoms with Crippen LogP contribution in [0.3, 0.4) is 0 Å². The number of halogens is 2. The van der Waals surface area contributed by atoms with E-state index >= 15 is 0 Å². The molecule has 5 heteroatoms. The maximum absolute atomic E-state index is 13.7. The average Bonchev–Trinajstić information content (AvgIpc) is 2.53. The molecule has 2 rings (SSSR count). The fourth-order valence-corrected chi connectivity index (χ4v) is 2.29. The van der Waals surface area contributed by atoms with Crippen LogP contribution in [-0.2, 0) is 13.6 Å². The number of hydrogen-bond acceptors (Lipinski definition) is 2. The van der Waals surface area contributed by atoms with Crippen molar-refractivity contribution in [1.29, 1.82) is 0 Å². The molecular formula is C13H15BrFN3. The largest absolute Gasteiger partial charge is 0.377 e. The second-order valence-corrected chi connectivity index (χ2v) is 5.10. The molecule has 1 heterocycles. The van der Waals surface area contributed by atoms with Gasteiger partial charge in [-0.3, -0.25) is 4.68 Å². The third-order valence-electron chi connectivity index (χ3n) is 2.83. The van der Waals surface area contributed by atoms with E-state index in [0.717, 1.165) is 21.4 Å². The molecule has 0 aliphatic carbocycles. The molecule has 0 fully saturated rings. The minimum atomic E-state index is -0.231. The van der Waals surface area contributed by atoms with Crippen LogP contribution < -0.4 is 5.32 Å². The Kier molecular flexibility index (Phi) is 3.71. The van der Waals surface area contributed by atoms with Crippen LogP contribution in [0.25, 0.3) is 0 Å². The van der Waals surface area contributed by atoms with Gasteiger partial charge in [0.1, 0.15) is 5.82 Å². The number of benzene rings is 1. The van der Waals surface area contributed by atoms with Crippen molar-refractivity contribution >= 4 is 21.6 Å². The molecule has 0 atom stereocenters. The highest BCUT2D eigenvalue weighted by atomic mass is 79.9. The normalized spacial score (nSPS) is 10.7. The van der Waals surface area contributed by atoms with E-state index in [4.69, 9.17) is 0 Å². The molecule has 0 saturated heterocycles. The van der Waals surface area contributed by atoms with Crippen molar-refractivity contribution in [3.63, 3.8) is 0 Å². The van der Waals surface area contributed by atoms with Gasteiger partial charge in [0.2, 0.25) is 0 Å². The average molecular weight is 312 g/mol. The van der Waals surface area contributed by atoms with Crippen LogP contribution in [-0.4, -0.2) is 9.78 Å². The van der Waals surface area contributed by atoms with E-state index in [1.54, 1.807) is 10.7 Å². The molecule has 0 unspecified atom stereocenters. The van der Waals surface area contributed by atoms with Gasteiger partial charge in [0, 0.05) is 7.05 Å². The summed E-state index contributed by atoms with van der Waals surface area (Å²) in [6, 6.07) is 5.16. The summed E-state index contributed by atoms with van der Waals surface area (Å²) in [6.07, 6.45) is 0. The van der Waals surface area contributed by atoms with Crippen LogP contribution in [0.1, 0.15) is 17.0 Å². The zero-order valence-electron chi connectivity index (χ0n) is 10.6. The fourth-order valence-electron chi connectivity index (χ4n) is 1.81. The Labute approximate surface area is 114 Å². The summed E-state index contributed by atoms with van der Waals surface area (Å²) in [5.41, 5.74) is 3.34. The zero-order chi connectivity index (χ0) is 13.3. The second kappa shape index (κ2) is 5.10. The molecule has 0 saturated carbocycles. The molecule has 0 aliphatic rings. The van der Waals surface area contributed by atoms with E-state index in [1.165, 1.54) is 6.07 Å². The molecule has 0 aliphatic heterocycles. The number of hydrogen-bond donors (Lipinski definition) is 1. The number of aryl methyl sites for hydroxylation is 3. The summed E-state index contributed by atoms with van der Waals surface area (Å²) in [6.45, 7) is 4.33. The van der Waals surface area contributed by atoms with Gasteiger partial charge in [0.05, 0.1) is 28.1 Å². The van der Waals surface area contributed by atoms with Gasteiger partial charge in [0.25, 0.3) is 0 Å². The highest BCUT2D eigenvalue weighted by Crippen LogP contribution is 2.22. The van der Waals surface area contributed by atoms with Crippen LogP contribution in [0.2, 0.25) is 0 Å². The van der Waals surface area contributed by atoms with Crippen molar-refractivity contribution in [2.24, 2.45) is 7.05 Å². The lowest BCUT2D eigenvalue weighted by atomic mass is 10.2. The molecule has 3 nitrogen and oxygen atoms in total. The van der Waals surface area contributed by atoms with Crippen molar-refractivity contribution in [3.8, 4) is 0 Å². The van der Waals surface area contributed by atoms with Gasteiger partial charge in [-0.15, -0.1) is 0 Å². The van der Waals surface area contributed by atoms with Crippen molar-refractivity contribution in [1.82, 2.24) is 9.78 Å². The van der Waals surface area contributed by atoms with Crippen LogP contribution in [0, 0.1) is 19.7 Å². The Balaban J connectivity index is 2.16. The highest BCUT2D eigenvalue weighted by molar-refractivity contribution is 9.10. The minimum Gasteiger partial charge on any atom is -0.377 e. The number of nitrogens with one attached hydrogen (secondary N) is 1. The predicted octanol–water partition coefficient (Wildman–Crippen LogP) is 3.55. The summed E-state index contributed by atoms with van der Waals surface area (Å²) in [5.74, 6) is -0.231. The summed E-state index contributed by atoms with van der Waals surface area (Å²) in [4.78, 5) is 0. The van der Waals surface area contributed by atoms with E-state index in [2.05, 4.69) is 26.3 Å². The molecule has 2 aromatic rings. The van der Waals surface area contributed by atoms with Crippen molar-refractivity contribution in [3.05, 3.63) is 45.4 Å². The Morgan fingerprint density at radius 3 is 2.67 bits per heavy atom. The second-order valence-electron chi connectivity index (χ2n) is 4.31. The summed E-state index contributed by atoms with van der Waals surface area (Å²) < 4.78 is 16.4. The minimum absolute atomic E-state index is 0.231. The fraction of sp³-hybridized carbons (Fsp3) is 0.308. The Morgan fingerprint density at radius 2 is 2.11 bits per heavy atom. The van der Waals surface area contributed by atoms with Gasteiger partial charge in [-0.25, -0.2) is 4.39 Å². The SMILES string of the molecule is Cc1ccc(NCc2c(Br)c(C)nn2C)c(F)c1. The number of rotatable bonds is 3. The molecule has 0 spiro atoms. The Bertz CT molecular complexity index is 578. The quantitative estimate of drug-likeness (QED) is 0.939. The first-order valence-electron chi connectivity index (χ1n) is 5.67. The van der Waals surface area contributed by atoms with Crippen LogP contribution in [0.5, 0.6) is 0 Å². The molecule has 18 heavy (non-hydrogen) atoms. The van der Waals surface area contributed by atoms with E-state index in [0.29, 0.717) is 12.2 Å². The van der Waals surface area contributed by atoms with Crippen LogP contribution >= 0.6 is 15.9 Å². The number of aromatic nitrogens is 2. The third kappa shape index (κ3) is 2.56. The van der Waals surface area contributed by atoms with Crippen molar-refractivity contribution in [2.45, 2.75) is 20.4 Å². The summed E-state index contributed by atoms with van der Waals surface area (Å²) in [5, 5.41) is 7.38. The number of nitrogens with zero attached hydrogens (tertiary/aromatic N) is 2. The van der Waals surface area contributed by atoms with Gasteiger partial charge in [0.15, 0.2) is 0 Å². The maximum atomic E-state index is 13.7. The molecule has 1 N–H and O–H groups in total. The first kappa shape index (κ1) is 13.1. The molecule has 0 radical (unpaired) electrons. The first-order chi connectivity index (χ1) is 8.49. The van der Waals surface area contributed by atoms with Gasteiger partial charge in [-0.2, -0.15) is 5.10 Å². The standard InChI is InChI=1S/C13H15BrFN3/c1-8-4-5-11(10(15)6-8)16-7-12-13(14)9(2)17-18(12)3/h4-6,16H,7H2,1-3H3. The molecule has 96 valence electrons. The molecule has 1 aromatic heterocycles. The van der Waals surface area contributed by atoms with Gasteiger partial charge < -0.3 is 5.32 Å². The zero-order valence-corrected chi connectivity index (χ0v) is 12.2. The smallest absolute Gasteiger partial charge is 0.146 e. The molecule has 1 aromatic carbocycles. The summed E-state index contributed by atoms with van der Waals surface area (Å²) in [7, 11) is 1.88. The summed E-state index contributed by atoms with van der Waals surface area (Å²) >= 11 is 3.49. The van der Waals surface area contributed by atoms with E-state index < -0.39 is 0 Å². The third-order valence-corrected chi connectivity index (χ3v) is 3.86. The van der Waals surface area contributed by atoms with Crippen molar-refractivity contribution in [2.75, 3.05) is 5.32 Å². The molecular weight excluding hydrogens is 297 g/mol. The monoisotopic (exact) mass is 311 g/mol. The Hall–Kier alpha value is -1.36.